The molecule has 0 saturated heterocycles. The summed E-state index contributed by atoms with van der Waals surface area (Å²) in [5.41, 5.74) is 1.09. The quantitative estimate of drug-likeness (QED) is 0.614. The Hall–Kier alpha value is -1.91. The number of sulfonamides is 1. The van der Waals surface area contributed by atoms with Gasteiger partial charge in [-0.15, -0.1) is 5.10 Å². The van der Waals surface area contributed by atoms with Crippen LogP contribution in [0.5, 0.6) is 0 Å². The average molecular weight is 412 g/mol. The van der Waals surface area contributed by atoms with Crippen molar-refractivity contribution in [2.24, 2.45) is 0 Å². The first-order valence-corrected chi connectivity index (χ1v) is 11.2. The molecule has 0 radical (unpaired) electrons. The van der Waals surface area contributed by atoms with E-state index in [1.54, 1.807) is 32.9 Å². The van der Waals surface area contributed by atoms with E-state index < -0.39 is 10.0 Å². The van der Waals surface area contributed by atoms with Crippen molar-refractivity contribution in [1.82, 2.24) is 19.5 Å². The zero-order valence-electron chi connectivity index (χ0n) is 15.9. The normalized spacial score (nSPS) is 11.7. The van der Waals surface area contributed by atoms with Crippen LogP contribution in [0, 0.1) is 6.92 Å². The Morgan fingerprint density at radius 2 is 1.96 bits per heavy atom. The molecule has 0 aliphatic rings. The molecule has 148 valence electrons. The predicted molar refractivity (Wildman–Crippen MR) is 106 cm³/mol. The molecule has 1 aromatic heterocycles. The number of carbonyl (C=O) groups is 1. The van der Waals surface area contributed by atoms with Gasteiger partial charge < -0.3 is 5.32 Å². The molecular formula is C17H25N5O3S2. The van der Waals surface area contributed by atoms with Gasteiger partial charge >= 0.3 is 0 Å². The topological polar surface area (TPSA) is 108 Å². The van der Waals surface area contributed by atoms with Gasteiger partial charge in [-0.3, -0.25) is 9.89 Å². The summed E-state index contributed by atoms with van der Waals surface area (Å²) >= 11 is 1.22. The van der Waals surface area contributed by atoms with E-state index in [1.807, 2.05) is 6.92 Å². The van der Waals surface area contributed by atoms with E-state index in [1.165, 1.54) is 22.1 Å². The molecule has 0 aliphatic heterocycles. The van der Waals surface area contributed by atoms with Crippen molar-refractivity contribution in [2.75, 3.05) is 24.2 Å². The molecule has 0 fully saturated rings. The third kappa shape index (κ3) is 5.30. The first-order chi connectivity index (χ1) is 12.8. The van der Waals surface area contributed by atoms with Gasteiger partial charge in [0.05, 0.1) is 10.6 Å². The van der Waals surface area contributed by atoms with Crippen molar-refractivity contribution in [2.45, 2.75) is 44.2 Å². The third-order valence-electron chi connectivity index (χ3n) is 3.97. The number of aromatic nitrogens is 3. The van der Waals surface area contributed by atoms with Gasteiger partial charge in [-0.05, 0) is 24.6 Å². The number of thioether (sulfide) groups is 1. The van der Waals surface area contributed by atoms with Crippen LogP contribution in [0.4, 0.5) is 5.69 Å². The molecule has 10 heteroatoms. The number of rotatable bonds is 9. The zero-order valence-corrected chi connectivity index (χ0v) is 17.6. The van der Waals surface area contributed by atoms with Gasteiger partial charge in [-0.25, -0.2) is 13.4 Å². The van der Waals surface area contributed by atoms with Gasteiger partial charge in [0.15, 0.2) is 0 Å². The average Bonchev–Trinajstić information content (AvgIpc) is 3.10. The Morgan fingerprint density at radius 3 is 2.56 bits per heavy atom. The molecule has 1 amide bonds. The van der Waals surface area contributed by atoms with Gasteiger partial charge in [-0.1, -0.05) is 38.6 Å². The van der Waals surface area contributed by atoms with Crippen LogP contribution < -0.4 is 5.32 Å². The molecule has 0 spiro atoms. The van der Waals surface area contributed by atoms with Crippen molar-refractivity contribution in [1.29, 1.82) is 0 Å². The number of nitrogens with zero attached hydrogens (tertiary/aromatic N) is 3. The molecular weight excluding hydrogens is 386 g/mol. The van der Waals surface area contributed by atoms with E-state index >= 15 is 0 Å². The molecule has 0 bridgehead atoms. The van der Waals surface area contributed by atoms with Crippen molar-refractivity contribution < 1.29 is 13.2 Å². The Balaban J connectivity index is 2.09. The van der Waals surface area contributed by atoms with Crippen LogP contribution in [0.25, 0.3) is 0 Å². The van der Waals surface area contributed by atoms with Crippen molar-refractivity contribution in [3.05, 3.63) is 29.6 Å². The maximum atomic E-state index is 12.8. The van der Waals surface area contributed by atoms with Crippen LogP contribution in [0.2, 0.25) is 0 Å². The summed E-state index contributed by atoms with van der Waals surface area (Å²) in [5.74, 6) is 0.646. The van der Waals surface area contributed by atoms with Crippen LogP contribution in [0.15, 0.2) is 28.3 Å². The third-order valence-corrected chi connectivity index (χ3v) is 7.01. The zero-order chi connectivity index (χ0) is 20.0. The molecule has 0 atom stereocenters. The highest BCUT2D eigenvalue weighted by molar-refractivity contribution is 7.99. The highest BCUT2D eigenvalue weighted by Crippen LogP contribution is 2.24. The fraction of sp³-hybridized carbons (Fsp3) is 0.471. The fourth-order valence-electron chi connectivity index (χ4n) is 2.49. The summed E-state index contributed by atoms with van der Waals surface area (Å²) in [6.07, 6.45) is 0.743. The van der Waals surface area contributed by atoms with Crippen LogP contribution in [-0.2, 0) is 21.2 Å². The Labute approximate surface area is 164 Å². The van der Waals surface area contributed by atoms with E-state index in [0.717, 1.165) is 12.2 Å². The first kappa shape index (κ1) is 21.4. The molecule has 1 heterocycles. The number of aryl methyl sites for hydroxylation is 2. The van der Waals surface area contributed by atoms with Gasteiger partial charge in [0.25, 0.3) is 0 Å². The minimum absolute atomic E-state index is 0.132. The minimum Gasteiger partial charge on any atom is -0.325 e. The highest BCUT2D eigenvalue weighted by Gasteiger charge is 2.24. The summed E-state index contributed by atoms with van der Waals surface area (Å²) in [4.78, 5) is 16.6. The predicted octanol–water partition coefficient (Wildman–Crippen LogP) is 2.44. The van der Waals surface area contributed by atoms with E-state index in [2.05, 4.69) is 20.5 Å². The molecule has 0 aliphatic carbocycles. The number of benzene rings is 1. The van der Waals surface area contributed by atoms with Crippen molar-refractivity contribution in [3.63, 3.8) is 0 Å². The monoisotopic (exact) mass is 411 g/mol. The molecule has 0 saturated carbocycles. The first-order valence-electron chi connectivity index (χ1n) is 8.76. The smallest absolute Gasteiger partial charge is 0.243 e. The standard InChI is InChI=1S/C17H25N5O3S2/c1-5-15-19-17(21-20-15)26-11-16(23)18-13-9-8-12(4)14(10-13)27(24,25)22(6-2)7-3/h8-10H,5-7,11H2,1-4H3,(H,18,23)(H,19,20,21). The summed E-state index contributed by atoms with van der Waals surface area (Å²) in [6.45, 7) is 8.08. The molecule has 27 heavy (non-hydrogen) atoms. The molecule has 2 N–H and O–H groups in total. The largest absolute Gasteiger partial charge is 0.325 e. The van der Waals surface area contributed by atoms with E-state index in [9.17, 15) is 13.2 Å². The number of anilines is 1. The highest BCUT2D eigenvalue weighted by atomic mass is 32.2. The van der Waals surface area contributed by atoms with Crippen molar-refractivity contribution >= 4 is 33.4 Å². The Kier molecular flexibility index (Phi) is 7.40. The van der Waals surface area contributed by atoms with E-state index in [-0.39, 0.29) is 16.6 Å². The number of carbonyl (C=O) groups excluding carboxylic acids is 1. The second-order valence-corrected chi connectivity index (χ2v) is 8.67. The van der Waals surface area contributed by atoms with Crippen LogP contribution in [0.1, 0.15) is 32.2 Å². The number of nitrogens with one attached hydrogen (secondary N) is 2. The number of H-pyrrole nitrogens is 1. The van der Waals surface area contributed by atoms with Gasteiger partial charge in [-0.2, -0.15) is 4.31 Å². The number of hydrogen-bond donors (Lipinski definition) is 2. The minimum atomic E-state index is -3.59. The Morgan fingerprint density at radius 1 is 1.26 bits per heavy atom. The molecule has 2 rings (SSSR count). The molecule has 2 aromatic rings. The summed E-state index contributed by atoms with van der Waals surface area (Å²) in [5, 5.41) is 10.1. The van der Waals surface area contributed by atoms with Gasteiger partial charge in [0, 0.05) is 25.2 Å². The maximum absolute atomic E-state index is 12.8. The molecule has 8 nitrogen and oxygen atoms in total. The molecule has 0 unspecified atom stereocenters. The number of hydrogen-bond acceptors (Lipinski definition) is 6. The number of aromatic amines is 1. The Bertz CT molecular complexity index is 892. The lowest BCUT2D eigenvalue weighted by atomic mass is 10.2. The fourth-order valence-corrected chi connectivity index (χ4v) is 4.81. The van der Waals surface area contributed by atoms with Crippen molar-refractivity contribution in [3.8, 4) is 0 Å². The van der Waals surface area contributed by atoms with E-state index in [4.69, 9.17) is 0 Å². The SMILES string of the molecule is CCc1nc(SCC(=O)Nc2ccc(C)c(S(=O)(=O)N(CC)CC)c2)n[nH]1. The maximum Gasteiger partial charge on any atom is 0.243 e. The lowest BCUT2D eigenvalue weighted by molar-refractivity contribution is -0.113. The summed E-state index contributed by atoms with van der Waals surface area (Å²) in [7, 11) is -3.59. The van der Waals surface area contributed by atoms with Gasteiger partial charge in [0.2, 0.25) is 21.1 Å². The van der Waals surface area contributed by atoms with Crippen LogP contribution >= 0.6 is 11.8 Å². The number of amides is 1. The molecule has 1 aromatic carbocycles. The second-order valence-electron chi connectivity index (χ2n) is 5.82. The summed E-state index contributed by atoms with van der Waals surface area (Å²) in [6, 6.07) is 4.90. The van der Waals surface area contributed by atoms with Gasteiger partial charge in [0.1, 0.15) is 5.82 Å². The second kappa shape index (κ2) is 9.34. The van der Waals surface area contributed by atoms with Crippen LogP contribution in [0.3, 0.4) is 0 Å². The van der Waals surface area contributed by atoms with E-state index in [0.29, 0.717) is 29.5 Å². The summed E-state index contributed by atoms with van der Waals surface area (Å²) < 4.78 is 27.0. The lowest BCUT2D eigenvalue weighted by Crippen LogP contribution is -2.31. The van der Waals surface area contributed by atoms with Crippen LogP contribution in [-0.4, -0.2) is 52.7 Å². The lowest BCUT2D eigenvalue weighted by Gasteiger charge is -2.20.